The van der Waals surface area contributed by atoms with Crippen molar-refractivity contribution in [3.05, 3.63) is 47.5 Å². The molecule has 0 aliphatic rings. The zero-order chi connectivity index (χ0) is 20.7. The summed E-state index contributed by atoms with van der Waals surface area (Å²) in [5.74, 6) is 0.289. The average Bonchev–Trinajstić information content (AvgIpc) is 2.63. The van der Waals surface area contributed by atoms with Gasteiger partial charge in [0.2, 0.25) is 5.91 Å². The molecule has 0 aromatic heterocycles. The molecule has 0 bridgehead atoms. The first-order valence-electron chi connectivity index (χ1n) is 9.01. The second kappa shape index (κ2) is 9.80. The maximum atomic E-state index is 12.8. The van der Waals surface area contributed by atoms with Gasteiger partial charge in [-0.2, -0.15) is 0 Å². The second-order valence-corrected chi connectivity index (χ2v) is 8.71. The van der Waals surface area contributed by atoms with Crippen LogP contribution >= 0.6 is 11.6 Å². The normalized spacial score (nSPS) is 12.3. The number of sulfonamides is 1. The Bertz CT molecular complexity index is 914. The summed E-state index contributed by atoms with van der Waals surface area (Å²) >= 11 is 5.84. The van der Waals surface area contributed by atoms with Gasteiger partial charge in [-0.1, -0.05) is 38.3 Å². The first-order chi connectivity index (χ1) is 13.2. The van der Waals surface area contributed by atoms with Crippen LogP contribution in [0.1, 0.15) is 33.1 Å². The van der Waals surface area contributed by atoms with Crippen molar-refractivity contribution in [3.8, 4) is 5.75 Å². The number of nitrogens with one attached hydrogen (secondary N) is 2. The van der Waals surface area contributed by atoms with Gasteiger partial charge in [0.1, 0.15) is 10.6 Å². The van der Waals surface area contributed by atoms with Crippen LogP contribution in [0.4, 0.5) is 11.4 Å². The summed E-state index contributed by atoms with van der Waals surface area (Å²) in [6.45, 7) is 4.09. The first-order valence-corrected chi connectivity index (χ1v) is 10.9. The number of amides is 1. The van der Waals surface area contributed by atoms with Gasteiger partial charge in [-0.3, -0.25) is 9.52 Å². The summed E-state index contributed by atoms with van der Waals surface area (Å²) in [6.07, 6.45) is 2.35. The van der Waals surface area contributed by atoms with Crippen LogP contribution in [-0.2, 0) is 14.8 Å². The van der Waals surface area contributed by atoms with Crippen LogP contribution in [0.2, 0.25) is 5.02 Å². The molecule has 0 aliphatic carbocycles. The molecule has 1 atom stereocenters. The van der Waals surface area contributed by atoms with E-state index < -0.39 is 10.0 Å². The van der Waals surface area contributed by atoms with Crippen molar-refractivity contribution in [1.82, 2.24) is 0 Å². The predicted molar refractivity (Wildman–Crippen MR) is 113 cm³/mol. The van der Waals surface area contributed by atoms with Crippen LogP contribution in [0.5, 0.6) is 5.75 Å². The van der Waals surface area contributed by atoms with E-state index in [9.17, 15) is 13.2 Å². The lowest BCUT2D eigenvalue weighted by molar-refractivity contribution is -0.117. The summed E-state index contributed by atoms with van der Waals surface area (Å²) in [5.41, 5.74) is 0.764. The highest BCUT2D eigenvalue weighted by Crippen LogP contribution is 2.29. The molecule has 0 heterocycles. The summed E-state index contributed by atoms with van der Waals surface area (Å²) in [7, 11) is -2.54. The Balaban J connectivity index is 2.23. The van der Waals surface area contributed by atoms with Crippen LogP contribution in [0.15, 0.2) is 47.4 Å². The van der Waals surface area contributed by atoms with Gasteiger partial charge in [0, 0.05) is 22.8 Å². The molecular formula is C20H25ClN2O4S. The van der Waals surface area contributed by atoms with Crippen molar-refractivity contribution in [1.29, 1.82) is 0 Å². The van der Waals surface area contributed by atoms with Crippen molar-refractivity contribution in [2.24, 2.45) is 5.92 Å². The van der Waals surface area contributed by atoms with Crippen molar-refractivity contribution in [3.63, 3.8) is 0 Å². The summed E-state index contributed by atoms with van der Waals surface area (Å²) < 4.78 is 33.3. The molecule has 2 N–H and O–H groups in total. The molecule has 2 aromatic carbocycles. The number of carbonyl (C=O) groups is 1. The second-order valence-electron chi connectivity index (χ2n) is 6.62. The molecule has 8 heteroatoms. The van der Waals surface area contributed by atoms with Crippen LogP contribution in [0.3, 0.4) is 0 Å². The summed E-state index contributed by atoms with van der Waals surface area (Å²) in [6, 6.07) is 10.8. The zero-order valence-corrected chi connectivity index (χ0v) is 17.7. The number of halogens is 1. The van der Waals surface area contributed by atoms with Gasteiger partial charge < -0.3 is 10.1 Å². The number of carbonyl (C=O) groups excluding carboxylic acids is 1. The molecule has 0 saturated heterocycles. The van der Waals surface area contributed by atoms with Crippen LogP contribution in [0.25, 0.3) is 0 Å². The molecule has 6 nitrogen and oxygen atoms in total. The van der Waals surface area contributed by atoms with E-state index in [1.807, 2.05) is 6.92 Å². The van der Waals surface area contributed by atoms with Crippen molar-refractivity contribution in [2.75, 3.05) is 17.1 Å². The van der Waals surface area contributed by atoms with Gasteiger partial charge in [-0.15, -0.1) is 0 Å². The Morgan fingerprint density at radius 2 is 1.79 bits per heavy atom. The molecule has 0 radical (unpaired) electrons. The lowest BCUT2D eigenvalue weighted by Crippen LogP contribution is -2.17. The molecule has 28 heavy (non-hydrogen) atoms. The van der Waals surface area contributed by atoms with Crippen molar-refractivity contribution >= 4 is 38.9 Å². The Labute approximate surface area is 171 Å². The predicted octanol–water partition coefficient (Wildman–Crippen LogP) is 4.91. The van der Waals surface area contributed by atoms with E-state index in [-0.39, 0.29) is 22.5 Å². The number of ether oxygens (including phenoxy) is 1. The molecule has 0 saturated carbocycles. The molecule has 0 spiro atoms. The van der Waals surface area contributed by atoms with Crippen molar-refractivity contribution < 1.29 is 17.9 Å². The minimum Gasteiger partial charge on any atom is -0.495 e. The van der Waals surface area contributed by atoms with E-state index in [1.54, 1.807) is 30.3 Å². The van der Waals surface area contributed by atoms with Gasteiger partial charge >= 0.3 is 0 Å². The van der Waals surface area contributed by atoms with E-state index in [0.29, 0.717) is 22.8 Å². The molecule has 0 aliphatic heterocycles. The van der Waals surface area contributed by atoms with Crippen LogP contribution in [-0.4, -0.2) is 21.4 Å². The topological polar surface area (TPSA) is 84.5 Å². The lowest BCUT2D eigenvalue weighted by Gasteiger charge is -2.14. The molecule has 1 amide bonds. The molecule has 152 valence electrons. The smallest absolute Gasteiger partial charge is 0.265 e. The third-order valence-electron chi connectivity index (χ3n) is 4.15. The fourth-order valence-electron chi connectivity index (χ4n) is 2.82. The Kier molecular flexibility index (Phi) is 7.71. The Morgan fingerprint density at radius 1 is 1.14 bits per heavy atom. The van der Waals surface area contributed by atoms with Gasteiger partial charge in [-0.05, 0) is 48.4 Å². The van der Waals surface area contributed by atoms with Gasteiger partial charge in [0.25, 0.3) is 10.0 Å². The fourth-order valence-corrected chi connectivity index (χ4v) is 4.20. The number of rotatable bonds is 9. The molecule has 0 fully saturated rings. The van der Waals surface area contributed by atoms with E-state index in [2.05, 4.69) is 17.0 Å². The summed E-state index contributed by atoms with van der Waals surface area (Å²) in [5, 5.41) is 3.26. The largest absolute Gasteiger partial charge is 0.495 e. The van der Waals surface area contributed by atoms with Gasteiger partial charge in [0.05, 0.1) is 7.11 Å². The van der Waals surface area contributed by atoms with Gasteiger partial charge in [0.15, 0.2) is 0 Å². The van der Waals surface area contributed by atoms with E-state index >= 15 is 0 Å². The van der Waals surface area contributed by atoms with Crippen molar-refractivity contribution in [2.45, 2.75) is 38.0 Å². The number of benzene rings is 2. The van der Waals surface area contributed by atoms with E-state index in [1.165, 1.54) is 19.2 Å². The number of methoxy groups -OCH3 is 1. The number of hydrogen-bond donors (Lipinski definition) is 2. The maximum absolute atomic E-state index is 12.8. The SMILES string of the molecule is CCCC(C)CC(=O)Nc1ccc(OC)c(S(=O)(=O)Nc2ccc(Cl)cc2)c1. The first kappa shape index (κ1) is 22.0. The average molecular weight is 425 g/mol. The quantitative estimate of drug-likeness (QED) is 0.598. The number of anilines is 2. The van der Waals surface area contributed by atoms with Crippen LogP contribution < -0.4 is 14.8 Å². The zero-order valence-electron chi connectivity index (χ0n) is 16.2. The molecule has 1 unspecified atom stereocenters. The Morgan fingerprint density at radius 3 is 2.39 bits per heavy atom. The third-order valence-corrected chi connectivity index (χ3v) is 5.80. The highest BCUT2D eigenvalue weighted by molar-refractivity contribution is 7.92. The van der Waals surface area contributed by atoms with Gasteiger partial charge in [-0.25, -0.2) is 8.42 Å². The molecule has 2 aromatic rings. The maximum Gasteiger partial charge on any atom is 0.265 e. The lowest BCUT2D eigenvalue weighted by atomic mass is 10.0. The minimum absolute atomic E-state index is 0.0654. The standard InChI is InChI=1S/C20H25ClN2O4S/c1-4-5-14(2)12-20(24)22-17-10-11-18(27-3)19(13-17)28(25,26)23-16-8-6-15(21)7-9-16/h6-11,13-14,23H,4-5,12H2,1-3H3,(H,22,24). The Hall–Kier alpha value is -2.25. The van der Waals surface area contributed by atoms with E-state index in [0.717, 1.165) is 12.8 Å². The molecular weight excluding hydrogens is 400 g/mol. The number of hydrogen-bond acceptors (Lipinski definition) is 4. The molecule has 2 rings (SSSR count). The summed E-state index contributed by atoms with van der Waals surface area (Å²) in [4.78, 5) is 12.2. The fraction of sp³-hybridized carbons (Fsp3) is 0.350. The minimum atomic E-state index is -3.93. The van der Waals surface area contributed by atoms with Crippen LogP contribution in [0, 0.1) is 5.92 Å². The van der Waals surface area contributed by atoms with E-state index in [4.69, 9.17) is 16.3 Å². The highest BCUT2D eigenvalue weighted by atomic mass is 35.5. The third kappa shape index (κ3) is 6.14. The highest BCUT2D eigenvalue weighted by Gasteiger charge is 2.21. The monoisotopic (exact) mass is 424 g/mol.